The molecule has 27 heavy (non-hydrogen) atoms. The van der Waals surface area contributed by atoms with E-state index >= 15 is 0 Å². The number of rotatable bonds is 8. The Morgan fingerprint density at radius 2 is 1.89 bits per heavy atom. The van der Waals surface area contributed by atoms with Crippen molar-refractivity contribution in [2.24, 2.45) is 5.10 Å². The highest BCUT2D eigenvalue weighted by atomic mass is 32.2. The van der Waals surface area contributed by atoms with Gasteiger partial charge >= 0.3 is 0 Å². The van der Waals surface area contributed by atoms with Gasteiger partial charge in [0.15, 0.2) is 8.68 Å². The quantitative estimate of drug-likeness (QED) is 0.337. The summed E-state index contributed by atoms with van der Waals surface area (Å²) in [6, 6.07) is 18.1. The van der Waals surface area contributed by atoms with Crippen molar-refractivity contribution >= 4 is 47.0 Å². The first-order chi connectivity index (χ1) is 13.2. The average Bonchev–Trinajstić information content (AvgIpc) is 3.14. The molecule has 0 fully saturated rings. The van der Waals surface area contributed by atoms with Gasteiger partial charge in [-0.05, 0) is 18.1 Å². The Morgan fingerprint density at radius 3 is 2.67 bits per heavy atom. The van der Waals surface area contributed by atoms with E-state index in [9.17, 15) is 4.79 Å². The molecular formula is C19H18N4OS3. The van der Waals surface area contributed by atoms with E-state index < -0.39 is 0 Å². The van der Waals surface area contributed by atoms with Crippen molar-refractivity contribution in [3.8, 4) is 0 Å². The molecule has 2 aromatic carbocycles. The minimum atomic E-state index is -0.169. The normalized spacial score (nSPS) is 11.0. The van der Waals surface area contributed by atoms with Gasteiger partial charge < -0.3 is 0 Å². The Kier molecular flexibility index (Phi) is 7.44. The fourth-order valence-electron chi connectivity index (χ4n) is 2.12. The van der Waals surface area contributed by atoms with Crippen LogP contribution in [0, 0.1) is 6.92 Å². The number of nitrogens with zero attached hydrogens (tertiary/aromatic N) is 3. The van der Waals surface area contributed by atoms with E-state index in [1.165, 1.54) is 28.7 Å². The van der Waals surface area contributed by atoms with Gasteiger partial charge in [-0.3, -0.25) is 4.79 Å². The summed E-state index contributed by atoms with van der Waals surface area (Å²) in [5.74, 6) is 0.940. The lowest BCUT2D eigenvalue weighted by molar-refractivity contribution is -0.118. The summed E-state index contributed by atoms with van der Waals surface area (Å²) in [6.07, 6.45) is 1.64. The smallest absolute Gasteiger partial charge is 0.250 e. The van der Waals surface area contributed by atoms with Crippen LogP contribution in [0.15, 0.2) is 68.4 Å². The van der Waals surface area contributed by atoms with Crippen molar-refractivity contribution in [2.75, 3.05) is 5.75 Å². The summed E-state index contributed by atoms with van der Waals surface area (Å²) < 4.78 is 1.68. The van der Waals surface area contributed by atoms with Crippen molar-refractivity contribution in [2.45, 2.75) is 21.4 Å². The van der Waals surface area contributed by atoms with E-state index in [2.05, 4.69) is 32.9 Å². The average molecular weight is 415 g/mol. The zero-order valence-corrected chi connectivity index (χ0v) is 17.1. The molecule has 0 aliphatic carbocycles. The third-order valence-corrected chi connectivity index (χ3v) is 6.63. The number of aromatic nitrogens is 2. The maximum absolute atomic E-state index is 11.9. The molecule has 0 radical (unpaired) electrons. The molecule has 3 rings (SSSR count). The minimum Gasteiger partial charge on any atom is -0.272 e. The lowest BCUT2D eigenvalue weighted by Gasteiger charge is -1.98. The van der Waals surface area contributed by atoms with Crippen molar-refractivity contribution in [3.63, 3.8) is 0 Å². The molecule has 1 amide bonds. The van der Waals surface area contributed by atoms with E-state index in [-0.39, 0.29) is 11.7 Å². The van der Waals surface area contributed by atoms with Gasteiger partial charge in [-0.15, -0.1) is 10.2 Å². The number of hydrazone groups is 1. The number of amides is 1. The lowest BCUT2D eigenvalue weighted by Crippen LogP contribution is -2.19. The topological polar surface area (TPSA) is 67.2 Å². The summed E-state index contributed by atoms with van der Waals surface area (Å²) in [5, 5.41) is 12.3. The molecule has 1 N–H and O–H groups in total. The van der Waals surface area contributed by atoms with Gasteiger partial charge in [-0.1, -0.05) is 95.0 Å². The van der Waals surface area contributed by atoms with Crippen LogP contribution in [-0.4, -0.2) is 28.1 Å². The van der Waals surface area contributed by atoms with Crippen LogP contribution in [-0.2, 0) is 10.5 Å². The van der Waals surface area contributed by atoms with Crippen LogP contribution in [0.5, 0.6) is 0 Å². The largest absolute Gasteiger partial charge is 0.272 e. The van der Waals surface area contributed by atoms with Gasteiger partial charge in [0.2, 0.25) is 0 Å². The van der Waals surface area contributed by atoms with Crippen LogP contribution in [0.4, 0.5) is 0 Å². The van der Waals surface area contributed by atoms with E-state index in [0.717, 1.165) is 25.6 Å². The van der Waals surface area contributed by atoms with E-state index in [4.69, 9.17) is 0 Å². The number of thioether (sulfide) groups is 2. The fraction of sp³-hybridized carbons (Fsp3) is 0.158. The summed E-state index contributed by atoms with van der Waals surface area (Å²) in [6.45, 7) is 2.01. The Labute approximate surface area is 170 Å². The lowest BCUT2D eigenvalue weighted by atomic mass is 10.2. The molecular weight excluding hydrogens is 396 g/mol. The van der Waals surface area contributed by atoms with E-state index in [1.807, 2.05) is 49.4 Å². The molecule has 0 aliphatic heterocycles. The van der Waals surface area contributed by atoms with Crippen molar-refractivity contribution in [3.05, 3.63) is 71.3 Å². The number of hydrogen-bond donors (Lipinski definition) is 1. The number of hydrogen-bond acceptors (Lipinski definition) is 7. The molecule has 0 bridgehead atoms. The first-order valence-electron chi connectivity index (χ1n) is 8.20. The van der Waals surface area contributed by atoms with Crippen molar-refractivity contribution < 1.29 is 4.79 Å². The van der Waals surface area contributed by atoms with Crippen LogP contribution < -0.4 is 5.43 Å². The summed E-state index contributed by atoms with van der Waals surface area (Å²) >= 11 is 4.52. The second-order valence-electron chi connectivity index (χ2n) is 5.60. The molecule has 8 heteroatoms. The minimum absolute atomic E-state index is 0.169. The highest BCUT2D eigenvalue weighted by Crippen LogP contribution is 2.30. The maximum atomic E-state index is 11.9. The molecule has 0 spiro atoms. The SMILES string of the molecule is Cc1cccc(/C=N/NC(=O)CSc2nnc(SCc3ccccc3)s2)c1. The zero-order chi connectivity index (χ0) is 18.9. The van der Waals surface area contributed by atoms with Crippen LogP contribution in [0.1, 0.15) is 16.7 Å². The molecule has 138 valence electrons. The maximum Gasteiger partial charge on any atom is 0.250 e. The molecule has 0 atom stereocenters. The predicted molar refractivity (Wildman–Crippen MR) is 114 cm³/mol. The number of nitrogens with one attached hydrogen (secondary N) is 1. The number of carbonyl (C=O) groups is 1. The van der Waals surface area contributed by atoms with Crippen LogP contribution in [0.2, 0.25) is 0 Å². The van der Waals surface area contributed by atoms with Crippen molar-refractivity contribution in [1.82, 2.24) is 15.6 Å². The van der Waals surface area contributed by atoms with E-state index in [0.29, 0.717) is 0 Å². The van der Waals surface area contributed by atoms with Gasteiger partial charge in [-0.25, -0.2) is 5.43 Å². The molecule has 1 heterocycles. The Bertz CT molecular complexity index is 912. The van der Waals surface area contributed by atoms with E-state index in [1.54, 1.807) is 18.0 Å². The van der Waals surface area contributed by atoms with Gasteiger partial charge in [0, 0.05) is 5.75 Å². The first kappa shape index (κ1) is 19.6. The van der Waals surface area contributed by atoms with Gasteiger partial charge in [-0.2, -0.15) is 5.10 Å². The highest BCUT2D eigenvalue weighted by Gasteiger charge is 2.08. The Hall–Kier alpha value is -2.16. The molecule has 1 aromatic heterocycles. The fourth-order valence-corrected chi connectivity index (χ4v) is 4.89. The zero-order valence-electron chi connectivity index (χ0n) is 14.7. The molecule has 0 saturated carbocycles. The number of carbonyl (C=O) groups excluding carboxylic acids is 1. The summed E-state index contributed by atoms with van der Waals surface area (Å²) in [7, 11) is 0. The standard InChI is InChI=1S/C19H18N4OS3/c1-14-6-5-9-16(10-14)11-20-21-17(24)13-26-19-23-22-18(27-19)25-12-15-7-3-2-4-8-15/h2-11H,12-13H2,1H3,(H,21,24)/b20-11+. The third kappa shape index (κ3) is 6.82. The van der Waals surface area contributed by atoms with Gasteiger partial charge in [0.05, 0.1) is 12.0 Å². The van der Waals surface area contributed by atoms with Crippen LogP contribution in [0.25, 0.3) is 0 Å². The van der Waals surface area contributed by atoms with Crippen molar-refractivity contribution in [1.29, 1.82) is 0 Å². The molecule has 5 nitrogen and oxygen atoms in total. The second kappa shape index (κ2) is 10.2. The van der Waals surface area contributed by atoms with Crippen LogP contribution in [0.3, 0.4) is 0 Å². The third-order valence-electron chi connectivity index (χ3n) is 3.36. The van der Waals surface area contributed by atoms with Gasteiger partial charge in [0.25, 0.3) is 5.91 Å². The van der Waals surface area contributed by atoms with Gasteiger partial charge in [0.1, 0.15) is 0 Å². The molecule has 0 saturated heterocycles. The Balaban J connectivity index is 1.40. The molecule has 3 aromatic rings. The molecule has 0 unspecified atom stereocenters. The Morgan fingerprint density at radius 1 is 1.11 bits per heavy atom. The predicted octanol–water partition coefficient (Wildman–Crippen LogP) is 4.38. The second-order valence-corrected chi connectivity index (χ2v) is 9.03. The monoisotopic (exact) mass is 414 g/mol. The summed E-state index contributed by atoms with van der Waals surface area (Å²) in [5.41, 5.74) is 5.89. The summed E-state index contributed by atoms with van der Waals surface area (Å²) in [4.78, 5) is 11.9. The number of aryl methyl sites for hydroxylation is 1. The first-order valence-corrected chi connectivity index (χ1v) is 11.0. The highest BCUT2D eigenvalue weighted by molar-refractivity contribution is 8.03. The number of benzene rings is 2. The van der Waals surface area contributed by atoms with Crippen LogP contribution >= 0.6 is 34.9 Å². The molecule has 0 aliphatic rings.